The SMILES string of the molecule is CCCC(=O)C(CCCCCC(=O)C=C(C)C=CC=C(C)C=CC1=C(C)CCCC1(C)C)CC(=O)C(CCCCCC(=O)C=C(C)C=CC=C(C)C=CC1=C(C)CCCC1(C)C)CC(=O)C=C(C)C=CC=C(C)C=CC1=C(C)CCCC1(C)C. The second kappa shape index (κ2) is 37.1. The fraction of sp³-hybridized carbons (Fsp3) is 0.557. The first kappa shape index (κ1) is 72.7. The molecule has 460 valence electrons. The lowest BCUT2D eigenvalue weighted by Crippen LogP contribution is -2.25. The van der Waals surface area contributed by atoms with Crippen molar-refractivity contribution in [2.75, 3.05) is 0 Å². The summed E-state index contributed by atoms with van der Waals surface area (Å²) in [5.74, 6) is -0.807. The molecule has 0 heterocycles. The van der Waals surface area contributed by atoms with Crippen LogP contribution in [-0.2, 0) is 24.0 Å². The summed E-state index contributed by atoms with van der Waals surface area (Å²) in [6, 6.07) is 0. The Labute approximate surface area is 513 Å². The van der Waals surface area contributed by atoms with Crippen molar-refractivity contribution >= 4 is 28.9 Å². The fourth-order valence-corrected chi connectivity index (χ4v) is 12.6. The molecule has 0 saturated heterocycles. The Hall–Kier alpha value is -5.55. The number of carbonyl (C=O) groups excluding carboxylic acids is 5. The molecule has 3 rings (SSSR count). The van der Waals surface area contributed by atoms with Gasteiger partial charge in [0, 0.05) is 43.9 Å². The van der Waals surface area contributed by atoms with E-state index >= 15 is 0 Å². The lowest BCUT2D eigenvalue weighted by molar-refractivity contribution is -0.131. The standard InChI is InChI=1S/C79H114O5/c1-17-30-75(83)68(41-21-19-23-43-70(81)54-62(6)35-25-32-59(3)45-48-73-65(9)38-28-51-78(73,13)14)57-76(84)67(56-71(82)55-63(7)36-26-33-60(4)46-49-74-66(10)39-29-52-79(74,15)16)40-20-18-22-42-69(80)53-61(5)34-24-31-58(2)44-47-72-64(8)37-27-50-77(72,11)12/h24-26,31-36,44-49,53-55,67-68H,17-23,27-30,37-43,50-52,56-57H2,1-16H3. The van der Waals surface area contributed by atoms with Crippen molar-refractivity contribution in [2.24, 2.45) is 28.1 Å². The summed E-state index contributed by atoms with van der Waals surface area (Å²) < 4.78 is 0. The molecule has 0 amide bonds. The zero-order chi connectivity index (χ0) is 62.5. The second-order valence-electron chi connectivity index (χ2n) is 27.4. The first-order valence-electron chi connectivity index (χ1n) is 32.5. The van der Waals surface area contributed by atoms with E-state index in [0.717, 1.165) is 59.1 Å². The van der Waals surface area contributed by atoms with E-state index in [4.69, 9.17) is 0 Å². The van der Waals surface area contributed by atoms with Crippen molar-refractivity contribution in [1.82, 2.24) is 0 Å². The molecule has 0 spiro atoms. The molecule has 0 aliphatic heterocycles. The zero-order valence-corrected chi connectivity index (χ0v) is 55.9. The van der Waals surface area contributed by atoms with E-state index in [2.05, 4.69) is 138 Å². The van der Waals surface area contributed by atoms with Crippen LogP contribution in [0.1, 0.15) is 258 Å². The molecule has 0 fully saturated rings. The number of Topliss-reactive ketones (excluding diaryl/α,β-unsaturated/α-hetero) is 2. The van der Waals surface area contributed by atoms with E-state index in [0.29, 0.717) is 57.8 Å². The molecule has 3 aliphatic carbocycles. The minimum absolute atomic E-state index is 0.0342. The number of ketones is 5. The van der Waals surface area contributed by atoms with Gasteiger partial charge in [-0.1, -0.05) is 199 Å². The first-order chi connectivity index (χ1) is 39.6. The topological polar surface area (TPSA) is 85.3 Å². The Bertz CT molecular complexity index is 2750. The number of hydrogen-bond donors (Lipinski definition) is 0. The summed E-state index contributed by atoms with van der Waals surface area (Å²) in [5.41, 5.74) is 15.4. The van der Waals surface area contributed by atoms with Crippen LogP contribution in [0.5, 0.6) is 0 Å². The third-order valence-corrected chi connectivity index (χ3v) is 17.7. The van der Waals surface area contributed by atoms with Crippen LogP contribution >= 0.6 is 0 Å². The van der Waals surface area contributed by atoms with Crippen molar-refractivity contribution in [3.05, 3.63) is 176 Å². The van der Waals surface area contributed by atoms with Gasteiger partial charge in [-0.3, -0.25) is 24.0 Å². The molecule has 3 aliphatic rings. The summed E-state index contributed by atoms with van der Waals surface area (Å²) in [4.78, 5) is 67.8. The van der Waals surface area contributed by atoms with E-state index in [1.165, 1.54) is 84.8 Å². The molecule has 0 aromatic rings. The van der Waals surface area contributed by atoms with Crippen LogP contribution in [0.15, 0.2) is 176 Å². The van der Waals surface area contributed by atoms with Crippen LogP contribution in [-0.4, -0.2) is 28.9 Å². The minimum atomic E-state index is -0.519. The highest BCUT2D eigenvalue weighted by Crippen LogP contribution is 2.43. The minimum Gasteiger partial charge on any atom is -0.299 e. The normalized spacial score (nSPS) is 19.6. The van der Waals surface area contributed by atoms with Crippen molar-refractivity contribution in [3.8, 4) is 0 Å². The van der Waals surface area contributed by atoms with E-state index < -0.39 is 11.8 Å². The molecular weight excluding hydrogens is 1030 g/mol. The van der Waals surface area contributed by atoms with Crippen LogP contribution in [0, 0.1) is 28.1 Å². The molecule has 0 N–H and O–H groups in total. The van der Waals surface area contributed by atoms with Gasteiger partial charge in [0.1, 0.15) is 11.6 Å². The van der Waals surface area contributed by atoms with Crippen LogP contribution in [0.2, 0.25) is 0 Å². The maximum absolute atomic E-state index is 14.4. The Morgan fingerprint density at radius 2 is 0.738 bits per heavy atom. The molecule has 84 heavy (non-hydrogen) atoms. The smallest absolute Gasteiger partial charge is 0.156 e. The van der Waals surface area contributed by atoms with Gasteiger partial charge in [-0.05, 0) is 220 Å². The van der Waals surface area contributed by atoms with Gasteiger partial charge in [0.25, 0.3) is 0 Å². The number of carbonyl (C=O) groups is 5. The van der Waals surface area contributed by atoms with Gasteiger partial charge in [-0.25, -0.2) is 0 Å². The van der Waals surface area contributed by atoms with Gasteiger partial charge in [-0.15, -0.1) is 0 Å². The predicted molar refractivity (Wildman–Crippen MR) is 361 cm³/mol. The average molecular weight is 1140 g/mol. The van der Waals surface area contributed by atoms with Crippen LogP contribution in [0.4, 0.5) is 0 Å². The number of unbranched alkanes of at least 4 members (excludes halogenated alkanes) is 4. The monoisotopic (exact) mass is 1140 g/mol. The van der Waals surface area contributed by atoms with Gasteiger partial charge >= 0.3 is 0 Å². The lowest BCUT2D eigenvalue weighted by atomic mass is 9.72. The lowest BCUT2D eigenvalue weighted by Gasteiger charge is -2.33. The Kier molecular flexibility index (Phi) is 32.1. The van der Waals surface area contributed by atoms with Gasteiger partial charge in [0.2, 0.25) is 0 Å². The van der Waals surface area contributed by atoms with E-state index in [1.54, 1.807) is 18.2 Å². The van der Waals surface area contributed by atoms with E-state index in [1.807, 2.05) is 64.2 Å². The molecule has 0 aromatic carbocycles. The van der Waals surface area contributed by atoms with Crippen LogP contribution in [0.25, 0.3) is 0 Å². The third-order valence-electron chi connectivity index (χ3n) is 17.7. The van der Waals surface area contributed by atoms with Crippen molar-refractivity contribution < 1.29 is 24.0 Å². The highest BCUT2D eigenvalue weighted by Gasteiger charge is 2.30. The van der Waals surface area contributed by atoms with Crippen LogP contribution in [0.3, 0.4) is 0 Å². The summed E-state index contributed by atoms with van der Waals surface area (Å²) in [6.45, 7) is 34.8. The van der Waals surface area contributed by atoms with Gasteiger partial charge in [-0.2, -0.15) is 0 Å². The number of hydrogen-bond acceptors (Lipinski definition) is 5. The molecule has 0 radical (unpaired) electrons. The third kappa shape index (κ3) is 27.7. The molecule has 5 heteroatoms. The molecule has 2 unspecified atom stereocenters. The Morgan fingerprint density at radius 1 is 0.405 bits per heavy atom. The van der Waals surface area contributed by atoms with E-state index in [-0.39, 0.29) is 58.0 Å². The average Bonchev–Trinajstić information content (AvgIpc) is 3.61. The second-order valence-corrected chi connectivity index (χ2v) is 27.4. The fourth-order valence-electron chi connectivity index (χ4n) is 12.6. The predicted octanol–water partition coefficient (Wildman–Crippen LogP) is 22.1. The largest absolute Gasteiger partial charge is 0.299 e. The van der Waals surface area contributed by atoms with Crippen molar-refractivity contribution in [2.45, 2.75) is 258 Å². The zero-order valence-electron chi connectivity index (χ0n) is 55.9. The first-order valence-corrected chi connectivity index (χ1v) is 32.5. The summed E-state index contributed by atoms with van der Waals surface area (Å²) >= 11 is 0. The summed E-state index contributed by atoms with van der Waals surface area (Å²) in [5, 5.41) is 0. The molecule has 0 bridgehead atoms. The highest BCUT2D eigenvalue weighted by atomic mass is 16.1. The van der Waals surface area contributed by atoms with Gasteiger partial charge < -0.3 is 0 Å². The van der Waals surface area contributed by atoms with E-state index in [9.17, 15) is 24.0 Å². The molecular formula is C79H114O5. The highest BCUT2D eigenvalue weighted by molar-refractivity contribution is 5.96. The molecule has 0 aromatic heterocycles. The quantitative estimate of drug-likeness (QED) is 0.0359. The molecule has 2 atom stereocenters. The van der Waals surface area contributed by atoms with Gasteiger partial charge in [0.15, 0.2) is 17.3 Å². The van der Waals surface area contributed by atoms with Crippen molar-refractivity contribution in [1.29, 1.82) is 0 Å². The maximum Gasteiger partial charge on any atom is 0.156 e. The summed E-state index contributed by atoms with van der Waals surface area (Å²) in [6.07, 6.45) is 55.1. The van der Waals surface area contributed by atoms with Crippen molar-refractivity contribution in [3.63, 3.8) is 0 Å². The Morgan fingerprint density at radius 3 is 1.07 bits per heavy atom. The number of rotatable bonds is 35. The van der Waals surface area contributed by atoms with Crippen LogP contribution < -0.4 is 0 Å². The van der Waals surface area contributed by atoms with Gasteiger partial charge in [0.05, 0.1) is 0 Å². The number of allylic oxidation sites excluding steroid dienone is 30. The summed E-state index contributed by atoms with van der Waals surface area (Å²) in [7, 11) is 0. The molecule has 5 nitrogen and oxygen atoms in total. The molecule has 0 saturated carbocycles. The maximum atomic E-state index is 14.4. The Balaban J connectivity index is 1.65.